The van der Waals surface area contributed by atoms with Crippen molar-refractivity contribution in [3.05, 3.63) is 46.2 Å². The molecule has 0 spiro atoms. The summed E-state index contributed by atoms with van der Waals surface area (Å²) in [6.45, 7) is 1.93. The van der Waals surface area contributed by atoms with E-state index in [1.807, 2.05) is 6.26 Å². The van der Waals surface area contributed by atoms with Crippen LogP contribution in [0.3, 0.4) is 0 Å². The number of cyclic esters (lactones) is 1. The second-order valence-corrected chi connectivity index (χ2v) is 7.57. The summed E-state index contributed by atoms with van der Waals surface area (Å²) in [5, 5.41) is 0.562. The molecule has 1 amide bonds. The normalized spacial score (nSPS) is 19.6. The van der Waals surface area contributed by atoms with Gasteiger partial charge in [0.15, 0.2) is 5.16 Å². The van der Waals surface area contributed by atoms with Crippen LogP contribution < -0.4 is 4.74 Å². The molecule has 3 rings (SSSR count). The molecular formula is C17H15BrF3N3O3S. The van der Waals surface area contributed by atoms with E-state index in [0.29, 0.717) is 20.9 Å². The number of rotatable bonds is 5. The topological polar surface area (TPSA) is 64.6 Å². The van der Waals surface area contributed by atoms with E-state index in [4.69, 9.17) is 4.74 Å². The maximum atomic E-state index is 12.5. The van der Waals surface area contributed by atoms with E-state index in [0.717, 1.165) is 0 Å². The van der Waals surface area contributed by atoms with Crippen molar-refractivity contribution in [1.29, 1.82) is 0 Å². The van der Waals surface area contributed by atoms with Gasteiger partial charge in [-0.15, -0.1) is 13.2 Å². The van der Waals surface area contributed by atoms with E-state index in [9.17, 15) is 18.0 Å². The number of ether oxygens (including phenoxy) is 2. The minimum Gasteiger partial charge on any atom is -0.439 e. The second-order valence-electron chi connectivity index (χ2n) is 5.94. The number of nitrogens with zero attached hydrogens (tertiary/aromatic N) is 3. The summed E-state index contributed by atoms with van der Waals surface area (Å²) >= 11 is 4.74. The first-order chi connectivity index (χ1) is 13.2. The van der Waals surface area contributed by atoms with Crippen molar-refractivity contribution in [2.24, 2.45) is 0 Å². The van der Waals surface area contributed by atoms with E-state index < -0.39 is 24.6 Å². The highest BCUT2D eigenvalue weighted by Crippen LogP contribution is 2.36. The summed E-state index contributed by atoms with van der Waals surface area (Å²) in [7, 11) is 0. The molecule has 0 radical (unpaired) electrons. The molecule has 0 saturated carbocycles. The molecule has 0 aliphatic carbocycles. The quantitative estimate of drug-likeness (QED) is 0.448. The highest BCUT2D eigenvalue weighted by Gasteiger charge is 2.40. The molecular weight excluding hydrogens is 463 g/mol. The number of hydrogen-bond acceptors (Lipinski definition) is 6. The third kappa shape index (κ3) is 4.69. The number of amides is 1. The number of benzene rings is 1. The van der Waals surface area contributed by atoms with Crippen molar-refractivity contribution >= 4 is 33.8 Å². The Morgan fingerprint density at radius 2 is 2.14 bits per heavy atom. The fourth-order valence-corrected chi connectivity index (χ4v) is 3.48. The fourth-order valence-electron chi connectivity index (χ4n) is 2.80. The van der Waals surface area contributed by atoms with Crippen molar-refractivity contribution in [2.45, 2.75) is 37.1 Å². The largest absolute Gasteiger partial charge is 0.573 e. The number of hydrogen-bond donors (Lipinski definition) is 0. The third-order valence-electron chi connectivity index (χ3n) is 4.11. The summed E-state index contributed by atoms with van der Waals surface area (Å²) < 4.78 is 47.4. The summed E-state index contributed by atoms with van der Waals surface area (Å²) in [5.41, 5.74) is 1.02. The predicted molar refractivity (Wildman–Crippen MR) is 98.9 cm³/mol. The van der Waals surface area contributed by atoms with E-state index >= 15 is 0 Å². The Kier molecular flexibility index (Phi) is 6.04. The summed E-state index contributed by atoms with van der Waals surface area (Å²) in [4.78, 5) is 22.4. The Morgan fingerprint density at radius 3 is 2.82 bits per heavy atom. The van der Waals surface area contributed by atoms with E-state index in [1.165, 1.54) is 34.9 Å². The van der Waals surface area contributed by atoms with Gasteiger partial charge in [-0.1, -0.05) is 23.9 Å². The zero-order valence-electron chi connectivity index (χ0n) is 14.7. The van der Waals surface area contributed by atoms with Gasteiger partial charge in [0.1, 0.15) is 11.9 Å². The molecule has 1 aromatic heterocycles. The van der Waals surface area contributed by atoms with Gasteiger partial charge in [-0.25, -0.2) is 14.8 Å². The first-order valence-corrected chi connectivity index (χ1v) is 10.1. The molecule has 28 heavy (non-hydrogen) atoms. The minimum atomic E-state index is -4.79. The molecule has 6 nitrogen and oxygen atoms in total. The molecule has 1 saturated heterocycles. The van der Waals surface area contributed by atoms with Crippen molar-refractivity contribution in [3.8, 4) is 5.75 Å². The monoisotopic (exact) mass is 477 g/mol. The van der Waals surface area contributed by atoms with Gasteiger partial charge >= 0.3 is 12.5 Å². The van der Waals surface area contributed by atoms with Crippen LogP contribution in [0, 0.1) is 0 Å². The lowest BCUT2D eigenvalue weighted by Gasteiger charge is -2.21. The van der Waals surface area contributed by atoms with Crippen LogP contribution in [-0.2, 0) is 11.3 Å². The van der Waals surface area contributed by atoms with E-state index in [2.05, 4.69) is 30.6 Å². The Labute approximate surface area is 171 Å². The molecule has 2 aromatic rings. The average molecular weight is 478 g/mol. The number of aromatic nitrogens is 2. The maximum Gasteiger partial charge on any atom is 0.573 e. The molecule has 1 aliphatic rings. The predicted octanol–water partition coefficient (Wildman–Crippen LogP) is 4.94. The van der Waals surface area contributed by atoms with Crippen LogP contribution in [0.1, 0.15) is 24.3 Å². The van der Waals surface area contributed by atoms with Gasteiger partial charge in [0.25, 0.3) is 0 Å². The smallest absolute Gasteiger partial charge is 0.439 e. The Morgan fingerprint density at radius 1 is 1.39 bits per heavy atom. The molecule has 2 heterocycles. The highest BCUT2D eigenvalue weighted by molar-refractivity contribution is 9.10. The number of carbonyl (C=O) groups excluding carboxylic acids is 1. The van der Waals surface area contributed by atoms with Crippen LogP contribution in [-0.4, -0.2) is 39.6 Å². The average Bonchev–Trinajstić information content (AvgIpc) is 2.90. The highest BCUT2D eigenvalue weighted by atomic mass is 79.9. The van der Waals surface area contributed by atoms with Crippen molar-refractivity contribution in [2.75, 3.05) is 6.26 Å². The lowest BCUT2D eigenvalue weighted by Crippen LogP contribution is -2.32. The molecule has 0 bridgehead atoms. The van der Waals surface area contributed by atoms with Gasteiger partial charge < -0.3 is 9.47 Å². The van der Waals surface area contributed by atoms with Crippen LogP contribution in [0.25, 0.3) is 0 Å². The fraction of sp³-hybridized carbons (Fsp3) is 0.353. The maximum absolute atomic E-state index is 12.5. The Bertz CT molecular complexity index is 884. The van der Waals surface area contributed by atoms with Crippen LogP contribution in [0.5, 0.6) is 5.75 Å². The molecule has 2 atom stereocenters. The Hall–Kier alpha value is -2.01. The van der Waals surface area contributed by atoms with Crippen LogP contribution >= 0.6 is 27.7 Å². The molecule has 2 unspecified atom stereocenters. The molecule has 1 aromatic carbocycles. The first-order valence-electron chi connectivity index (χ1n) is 8.06. The SMILES string of the molecule is CSc1ncc(Br)c(CN2C(=O)OC(c3cccc(OC(F)(F)F)c3)C2C)n1. The Balaban J connectivity index is 1.80. The molecule has 1 fully saturated rings. The van der Waals surface area contributed by atoms with Crippen molar-refractivity contribution < 1.29 is 27.4 Å². The van der Waals surface area contributed by atoms with Crippen LogP contribution in [0.2, 0.25) is 0 Å². The summed E-state index contributed by atoms with van der Waals surface area (Å²) in [6.07, 6.45) is -2.65. The lowest BCUT2D eigenvalue weighted by atomic mass is 10.0. The van der Waals surface area contributed by atoms with E-state index in [1.54, 1.807) is 19.2 Å². The van der Waals surface area contributed by atoms with Crippen LogP contribution in [0.4, 0.5) is 18.0 Å². The third-order valence-corrected chi connectivity index (χ3v) is 5.33. The van der Waals surface area contributed by atoms with Gasteiger partial charge in [-0.3, -0.25) is 4.90 Å². The van der Waals surface area contributed by atoms with Gasteiger partial charge in [0.2, 0.25) is 0 Å². The van der Waals surface area contributed by atoms with Crippen LogP contribution in [0.15, 0.2) is 40.1 Å². The molecule has 11 heteroatoms. The van der Waals surface area contributed by atoms with Gasteiger partial charge in [0, 0.05) is 6.20 Å². The first kappa shape index (κ1) is 20.7. The van der Waals surface area contributed by atoms with Gasteiger partial charge in [-0.2, -0.15) is 0 Å². The number of alkyl halides is 3. The number of carbonyl (C=O) groups is 1. The summed E-state index contributed by atoms with van der Waals surface area (Å²) in [6, 6.07) is 5.00. The zero-order chi connectivity index (χ0) is 20.5. The minimum absolute atomic E-state index is 0.173. The van der Waals surface area contributed by atoms with E-state index in [-0.39, 0.29) is 12.3 Å². The standard InChI is InChI=1S/C17H15BrF3N3O3S/c1-9-14(10-4-3-5-11(6-10)27-17(19,20)21)26-16(25)24(9)8-13-12(18)7-22-15(23-13)28-2/h3-7,9,14H,8H2,1-2H3. The number of halogens is 4. The molecule has 150 valence electrons. The molecule has 0 N–H and O–H groups in total. The van der Waals surface area contributed by atoms with Gasteiger partial charge in [0.05, 0.1) is 22.8 Å². The van der Waals surface area contributed by atoms with Gasteiger partial charge in [-0.05, 0) is 46.8 Å². The summed E-state index contributed by atoms with van der Waals surface area (Å²) in [5.74, 6) is -0.366. The van der Waals surface area contributed by atoms with Crippen molar-refractivity contribution in [3.63, 3.8) is 0 Å². The lowest BCUT2D eigenvalue weighted by molar-refractivity contribution is -0.274. The molecule has 1 aliphatic heterocycles. The van der Waals surface area contributed by atoms with Crippen molar-refractivity contribution in [1.82, 2.24) is 14.9 Å². The number of thioether (sulfide) groups is 1. The second kappa shape index (κ2) is 8.16. The zero-order valence-corrected chi connectivity index (χ0v) is 17.1.